The van der Waals surface area contributed by atoms with Gasteiger partial charge in [0.15, 0.2) is 0 Å². The Morgan fingerprint density at radius 3 is 1.24 bits per heavy atom. The minimum atomic E-state index is -2.73. The average Bonchev–Trinajstić information content (AvgIpc) is 2.83. The Balaban J connectivity index is 5.56. The molecule has 37 heavy (non-hydrogen) atoms. The van der Waals surface area contributed by atoms with Crippen LogP contribution in [0.4, 0.5) is 0 Å². The molecule has 0 spiro atoms. The molecule has 0 bridgehead atoms. The quantitative estimate of drug-likeness (QED) is 0.120. The van der Waals surface area contributed by atoms with Crippen molar-refractivity contribution in [2.75, 3.05) is 80.0 Å². The molecule has 222 valence electrons. The summed E-state index contributed by atoms with van der Waals surface area (Å²) in [7, 11) is -1.65. The fourth-order valence-electron chi connectivity index (χ4n) is 4.27. The minimum absolute atomic E-state index is 0.208. The molecule has 0 aliphatic carbocycles. The summed E-state index contributed by atoms with van der Waals surface area (Å²) in [6.45, 7) is 19.5. The second-order valence-corrected chi connectivity index (χ2v) is 14.2. The Kier molecular flexibility index (Phi) is 21.2. The summed E-state index contributed by atoms with van der Waals surface area (Å²) in [6.07, 6.45) is 1.67. The molecule has 0 aliphatic rings. The molecule has 12 heteroatoms. The zero-order valence-corrected chi connectivity index (χ0v) is 27.1. The van der Waals surface area contributed by atoms with Gasteiger partial charge in [-0.25, -0.2) is 0 Å². The van der Waals surface area contributed by atoms with Crippen LogP contribution in [-0.2, 0) is 36.1 Å². The van der Waals surface area contributed by atoms with Gasteiger partial charge in [-0.15, -0.1) is 0 Å². The fraction of sp³-hybridized carbons (Fsp3) is 0.960. The van der Waals surface area contributed by atoms with Gasteiger partial charge >= 0.3 is 23.6 Å². The van der Waals surface area contributed by atoms with E-state index >= 15 is 0 Å². The molecule has 0 saturated heterocycles. The first kappa shape index (κ1) is 36.6. The largest absolute Gasteiger partial charge is 0.500 e. The van der Waals surface area contributed by atoms with Gasteiger partial charge in [-0.2, -0.15) is 0 Å². The maximum Gasteiger partial charge on any atom is 0.500 e. The Bertz CT molecular complexity index is 509. The maximum atomic E-state index is 12.7. The molecule has 0 N–H and O–H groups in total. The number of carbonyl (C=O) groups excluding carboxylic acids is 1. The highest BCUT2D eigenvalue weighted by atomic mass is 28.4. The number of likely N-dealkylation sites (N-methyl/N-ethyl adjacent to an activating group) is 1. The van der Waals surface area contributed by atoms with Crippen molar-refractivity contribution in [3.8, 4) is 0 Å². The molecule has 0 aliphatic heterocycles. The normalized spacial score (nSPS) is 13.5. The molecule has 0 fully saturated rings. The molecule has 1 unspecified atom stereocenters. The molecule has 0 aromatic rings. The van der Waals surface area contributed by atoms with Gasteiger partial charge in [0.05, 0.1) is 6.61 Å². The van der Waals surface area contributed by atoms with E-state index in [1.165, 1.54) is 0 Å². The summed E-state index contributed by atoms with van der Waals surface area (Å²) >= 11 is 0. The summed E-state index contributed by atoms with van der Waals surface area (Å²) < 4.78 is 41.6. The summed E-state index contributed by atoms with van der Waals surface area (Å²) in [5.74, 6) is -0.208. The first-order chi connectivity index (χ1) is 17.7. The van der Waals surface area contributed by atoms with Crippen LogP contribution in [0.15, 0.2) is 0 Å². The third-order valence-corrected chi connectivity index (χ3v) is 12.0. The van der Waals surface area contributed by atoms with Crippen LogP contribution in [0.1, 0.15) is 61.3 Å². The zero-order valence-electron chi connectivity index (χ0n) is 25.1. The number of nitrogens with zero attached hydrogens (tertiary/aromatic N) is 2. The van der Waals surface area contributed by atoms with Gasteiger partial charge in [0.25, 0.3) is 0 Å². The molecular weight excluding hydrogens is 512 g/mol. The third-order valence-electron chi connectivity index (χ3n) is 5.71. The number of carbonyl (C=O) groups is 1. The van der Waals surface area contributed by atoms with Crippen LogP contribution in [0.2, 0.25) is 12.1 Å². The maximum absolute atomic E-state index is 12.7. The minimum Gasteiger partial charge on any atom is -0.465 e. The molecular formula is C25H56N2O8Si2. The van der Waals surface area contributed by atoms with Crippen molar-refractivity contribution < 1.29 is 36.1 Å². The summed E-state index contributed by atoms with van der Waals surface area (Å²) in [6, 6.07) is 1.08. The first-order valence-corrected chi connectivity index (χ1v) is 18.0. The fourth-order valence-corrected chi connectivity index (χ4v) is 9.45. The van der Waals surface area contributed by atoms with Gasteiger partial charge < -0.3 is 36.2 Å². The lowest BCUT2D eigenvalue weighted by Gasteiger charge is -2.33. The average molecular weight is 569 g/mol. The molecule has 0 radical (unpaired) electrons. The molecule has 1 atom stereocenters. The van der Waals surface area contributed by atoms with Crippen molar-refractivity contribution >= 4 is 23.6 Å². The molecule has 0 rings (SSSR count). The van der Waals surface area contributed by atoms with Crippen LogP contribution in [0.3, 0.4) is 0 Å². The second kappa shape index (κ2) is 21.4. The highest BCUT2D eigenvalue weighted by Gasteiger charge is 2.41. The van der Waals surface area contributed by atoms with E-state index < -0.39 is 17.6 Å². The van der Waals surface area contributed by atoms with Crippen LogP contribution < -0.4 is 0 Å². The van der Waals surface area contributed by atoms with E-state index in [9.17, 15) is 4.79 Å². The number of rotatable bonds is 25. The molecule has 10 nitrogen and oxygen atoms in total. The van der Waals surface area contributed by atoms with Crippen molar-refractivity contribution in [3.63, 3.8) is 0 Å². The van der Waals surface area contributed by atoms with Crippen molar-refractivity contribution in [3.05, 3.63) is 0 Å². The van der Waals surface area contributed by atoms with E-state index in [1.807, 2.05) is 67.5 Å². The van der Waals surface area contributed by atoms with Gasteiger partial charge in [-0.1, -0.05) is 0 Å². The van der Waals surface area contributed by atoms with Gasteiger partial charge in [0, 0.05) is 58.3 Å². The smallest absolute Gasteiger partial charge is 0.465 e. The predicted octanol–water partition coefficient (Wildman–Crippen LogP) is 3.66. The molecule has 0 heterocycles. The lowest BCUT2D eigenvalue weighted by molar-refractivity contribution is -0.149. The topological polar surface area (TPSA) is 88.2 Å². The van der Waals surface area contributed by atoms with E-state index in [0.717, 1.165) is 38.0 Å². The van der Waals surface area contributed by atoms with Crippen LogP contribution in [-0.4, -0.2) is 119 Å². The zero-order chi connectivity index (χ0) is 28.2. The predicted molar refractivity (Wildman–Crippen MR) is 151 cm³/mol. The van der Waals surface area contributed by atoms with E-state index in [1.54, 1.807) is 0 Å². The van der Waals surface area contributed by atoms with Crippen LogP contribution in [0, 0.1) is 0 Å². The Labute approximate surface area is 228 Å². The first-order valence-electron chi connectivity index (χ1n) is 14.1. The molecule has 0 saturated carbocycles. The monoisotopic (exact) mass is 568 g/mol. The van der Waals surface area contributed by atoms with E-state index in [2.05, 4.69) is 4.90 Å². The SMILES string of the molecule is CCOC(=O)C(CN(CCC[Si](OCC)(OCC)OCC)CCC[Si](OCC)(OCC)OCC)N(C)C. The lowest BCUT2D eigenvalue weighted by Crippen LogP contribution is -2.49. The number of ether oxygens (including phenoxy) is 1. The molecule has 0 aromatic carbocycles. The van der Waals surface area contributed by atoms with Gasteiger partial charge in [-0.05, 0) is 88.5 Å². The van der Waals surface area contributed by atoms with Crippen molar-refractivity contribution in [1.29, 1.82) is 0 Å². The lowest BCUT2D eigenvalue weighted by atomic mass is 10.2. The third kappa shape index (κ3) is 14.5. The standard InChI is InChI=1S/C25H56N2O8Si2/c1-10-29-25(28)24(26(8)9)23-27(19-17-21-36(30-11-2,31-12-3)32-13-4)20-18-22-37(33-14-5,34-15-6)35-16-7/h24H,10-23H2,1-9H3. The van der Waals surface area contributed by atoms with Gasteiger partial charge in [0.1, 0.15) is 6.04 Å². The highest BCUT2D eigenvalue weighted by Crippen LogP contribution is 2.21. The van der Waals surface area contributed by atoms with Crippen molar-refractivity contribution in [2.45, 2.75) is 79.4 Å². The molecule has 0 aromatic heterocycles. The van der Waals surface area contributed by atoms with E-state index in [-0.39, 0.29) is 12.0 Å². The number of hydrogen-bond donors (Lipinski definition) is 0. The van der Waals surface area contributed by atoms with Crippen molar-refractivity contribution in [2.24, 2.45) is 0 Å². The van der Waals surface area contributed by atoms with Crippen LogP contribution in [0.5, 0.6) is 0 Å². The summed E-state index contributed by atoms with van der Waals surface area (Å²) in [5, 5.41) is 0. The second-order valence-electron chi connectivity index (χ2n) is 8.70. The van der Waals surface area contributed by atoms with Crippen LogP contribution in [0.25, 0.3) is 0 Å². The Morgan fingerprint density at radius 1 is 0.622 bits per heavy atom. The van der Waals surface area contributed by atoms with E-state index in [0.29, 0.717) is 52.8 Å². The van der Waals surface area contributed by atoms with Crippen LogP contribution >= 0.6 is 0 Å². The molecule has 0 amide bonds. The van der Waals surface area contributed by atoms with Crippen molar-refractivity contribution in [1.82, 2.24) is 9.80 Å². The summed E-state index contributed by atoms with van der Waals surface area (Å²) in [4.78, 5) is 16.9. The van der Waals surface area contributed by atoms with Gasteiger partial charge in [0.2, 0.25) is 0 Å². The number of hydrogen-bond acceptors (Lipinski definition) is 10. The number of esters is 1. The summed E-state index contributed by atoms with van der Waals surface area (Å²) in [5.41, 5.74) is 0. The Morgan fingerprint density at radius 2 is 0.973 bits per heavy atom. The van der Waals surface area contributed by atoms with E-state index in [4.69, 9.17) is 31.3 Å². The van der Waals surface area contributed by atoms with Gasteiger partial charge in [-0.3, -0.25) is 9.69 Å². The Hall–Kier alpha value is -0.416. The highest BCUT2D eigenvalue weighted by molar-refractivity contribution is 6.61.